The van der Waals surface area contributed by atoms with E-state index >= 15 is 0 Å². The molecule has 0 radical (unpaired) electrons. The van der Waals surface area contributed by atoms with E-state index in [1.807, 2.05) is 0 Å². The SMILES string of the molecule is CCC(=O)/C=C/CC[C@H](OC(=O)N(C)C)C(=O)O. The lowest BCUT2D eigenvalue weighted by Gasteiger charge is -2.16. The molecule has 18 heavy (non-hydrogen) atoms. The lowest BCUT2D eigenvalue weighted by atomic mass is 10.1. The average Bonchev–Trinajstić information content (AvgIpc) is 2.31. The molecule has 102 valence electrons. The van der Waals surface area contributed by atoms with Crippen molar-refractivity contribution in [1.29, 1.82) is 0 Å². The first-order valence-electron chi connectivity index (χ1n) is 5.68. The number of amides is 1. The number of nitrogens with zero attached hydrogens (tertiary/aromatic N) is 1. The van der Waals surface area contributed by atoms with Gasteiger partial charge in [0.05, 0.1) is 0 Å². The van der Waals surface area contributed by atoms with Crippen molar-refractivity contribution in [1.82, 2.24) is 4.90 Å². The Morgan fingerprint density at radius 2 is 1.94 bits per heavy atom. The Morgan fingerprint density at radius 1 is 1.33 bits per heavy atom. The summed E-state index contributed by atoms with van der Waals surface area (Å²) in [5.74, 6) is -1.22. The number of carboxylic acid groups (broad SMARTS) is 1. The van der Waals surface area contributed by atoms with Crippen molar-refractivity contribution >= 4 is 17.8 Å². The Hall–Kier alpha value is -1.85. The smallest absolute Gasteiger partial charge is 0.410 e. The zero-order valence-corrected chi connectivity index (χ0v) is 10.9. The van der Waals surface area contributed by atoms with Crippen LogP contribution in [0.5, 0.6) is 0 Å². The number of carbonyl (C=O) groups is 3. The number of ether oxygens (including phenoxy) is 1. The van der Waals surface area contributed by atoms with E-state index in [1.165, 1.54) is 20.2 Å². The molecular formula is C12H19NO5. The Morgan fingerprint density at radius 3 is 2.39 bits per heavy atom. The summed E-state index contributed by atoms with van der Waals surface area (Å²) in [7, 11) is 2.95. The summed E-state index contributed by atoms with van der Waals surface area (Å²) in [5, 5.41) is 8.87. The van der Waals surface area contributed by atoms with Crippen molar-refractivity contribution in [2.24, 2.45) is 0 Å². The first kappa shape index (κ1) is 16.1. The molecule has 0 saturated heterocycles. The molecule has 0 heterocycles. The lowest BCUT2D eigenvalue weighted by Crippen LogP contribution is -2.32. The largest absolute Gasteiger partial charge is 0.479 e. The van der Waals surface area contributed by atoms with E-state index in [-0.39, 0.29) is 12.2 Å². The number of allylic oxidation sites excluding steroid dienone is 2. The molecule has 6 heteroatoms. The van der Waals surface area contributed by atoms with Gasteiger partial charge in [0, 0.05) is 20.5 Å². The fraction of sp³-hybridized carbons (Fsp3) is 0.583. The van der Waals surface area contributed by atoms with E-state index < -0.39 is 18.2 Å². The number of hydrogen-bond acceptors (Lipinski definition) is 4. The van der Waals surface area contributed by atoms with Gasteiger partial charge in [0.2, 0.25) is 6.10 Å². The van der Waals surface area contributed by atoms with Gasteiger partial charge < -0.3 is 14.7 Å². The van der Waals surface area contributed by atoms with Gasteiger partial charge in [-0.25, -0.2) is 9.59 Å². The molecule has 0 saturated carbocycles. The molecule has 0 aliphatic rings. The van der Waals surface area contributed by atoms with Crippen molar-refractivity contribution in [3.8, 4) is 0 Å². The van der Waals surface area contributed by atoms with Crippen LogP contribution >= 0.6 is 0 Å². The predicted octanol–water partition coefficient (Wildman–Crippen LogP) is 1.45. The van der Waals surface area contributed by atoms with Gasteiger partial charge in [-0.3, -0.25) is 4.79 Å². The molecule has 0 rings (SSSR count). The summed E-state index contributed by atoms with van der Waals surface area (Å²) in [4.78, 5) is 34.2. The van der Waals surface area contributed by atoms with Crippen LogP contribution < -0.4 is 0 Å². The topological polar surface area (TPSA) is 83.9 Å². The highest BCUT2D eigenvalue weighted by molar-refractivity contribution is 5.89. The van der Waals surface area contributed by atoms with E-state index in [9.17, 15) is 14.4 Å². The molecule has 0 aromatic carbocycles. The minimum Gasteiger partial charge on any atom is -0.479 e. The third kappa shape index (κ3) is 6.67. The van der Waals surface area contributed by atoms with Gasteiger partial charge in [-0.1, -0.05) is 13.0 Å². The number of carbonyl (C=O) groups excluding carboxylic acids is 2. The average molecular weight is 257 g/mol. The molecule has 6 nitrogen and oxygen atoms in total. The summed E-state index contributed by atoms with van der Waals surface area (Å²) in [6.07, 6.45) is 2.02. The fourth-order valence-corrected chi connectivity index (χ4v) is 1.04. The number of ketones is 1. The van der Waals surface area contributed by atoms with Crippen LogP contribution in [0, 0.1) is 0 Å². The Bertz CT molecular complexity index is 335. The van der Waals surface area contributed by atoms with Gasteiger partial charge in [-0.05, 0) is 18.9 Å². The molecule has 0 aromatic rings. The van der Waals surface area contributed by atoms with Crippen LogP contribution in [0.15, 0.2) is 12.2 Å². The predicted molar refractivity (Wildman–Crippen MR) is 65.3 cm³/mol. The molecule has 0 bridgehead atoms. The molecule has 1 N–H and O–H groups in total. The highest BCUT2D eigenvalue weighted by Gasteiger charge is 2.22. The van der Waals surface area contributed by atoms with Gasteiger partial charge >= 0.3 is 12.1 Å². The van der Waals surface area contributed by atoms with Gasteiger partial charge in [-0.2, -0.15) is 0 Å². The van der Waals surface area contributed by atoms with Gasteiger partial charge in [0.1, 0.15) is 0 Å². The van der Waals surface area contributed by atoms with E-state index in [4.69, 9.17) is 9.84 Å². The number of rotatable bonds is 7. The maximum Gasteiger partial charge on any atom is 0.410 e. The van der Waals surface area contributed by atoms with Crippen molar-refractivity contribution in [3.05, 3.63) is 12.2 Å². The molecule has 1 amide bonds. The molecule has 0 aromatic heterocycles. The van der Waals surface area contributed by atoms with Crippen LogP contribution in [0.1, 0.15) is 26.2 Å². The zero-order chi connectivity index (χ0) is 14.1. The minimum absolute atomic E-state index is 0.0211. The molecule has 0 spiro atoms. The van der Waals surface area contributed by atoms with Crippen molar-refractivity contribution in [2.45, 2.75) is 32.3 Å². The van der Waals surface area contributed by atoms with E-state index in [2.05, 4.69) is 0 Å². The first-order chi connectivity index (χ1) is 8.38. The second-order valence-electron chi connectivity index (χ2n) is 3.90. The third-order valence-electron chi connectivity index (χ3n) is 2.13. The molecular weight excluding hydrogens is 238 g/mol. The molecule has 0 aliphatic carbocycles. The normalized spacial score (nSPS) is 12.2. The van der Waals surface area contributed by atoms with Gasteiger partial charge in [0.15, 0.2) is 5.78 Å². The van der Waals surface area contributed by atoms with Crippen LogP contribution in [-0.4, -0.2) is 48.1 Å². The van der Waals surface area contributed by atoms with Crippen LogP contribution in [0.2, 0.25) is 0 Å². The zero-order valence-electron chi connectivity index (χ0n) is 10.9. The molecule has 1 atom stereocenters. The Kier molecular flexibility index (Phi) is 7.42. The number of carboxylic acids is 1. The fourth-order valence-electron chi connectivity index (χ4n) is 1.04. The quantitative estimate of drug-likeness (QED) is 0.698. The highest BCUT2D eigenvalue weighted by Crippen LogP contribution is 2.06. The monoisotopic (exact) mass is 257 g/mol. The van der Waals surface area contributed by atoms with Crippen molar-refractivity contribution in [2.75, 3.05) is 14.1 Å². The van der Waals surface area contributed by atoms with Crippen LogP contribution in [0.4, 0.5) is 4.79 Å². The van der Waals surface area contributed by atoms with Crippen molar-refractivity contribution in [3.63, 3.8) is 0 Å². The maximum atomic E-state index is 11.2. The number of aliphatic carboxylic acids is 1. The highest BCUT2D eigenvalue weighted by atomic mass is 16.6. The maximum absolute atomic E-state index is 11.2. The lowest BCUT2D eigenvalue weighted by molar-refractivity contribution is -0.147. The standard InChI is InChI=1S/C12H19NO5/c1-4-9(14)7-5-6-8-10(11(15)16)18-12(17)13(2)3/h5,7,10H,4,6,8H2,1-3H3,(H,15,16)/b7-5+/t10-/m0/s1. The minimum atomic E-state index is -1.19. The van der Waals surface area contributed by atoms with Gasteiger partial charge in [-0.15, -0.1) is 0 Å². The van der Waals surface area contributed by atoms with Crippen LogP contribution in [-0.2, 0) is 14.3 Å². The Balaban J connectivity index is 4.22. The van der Waals surface area contributed by atoms with E-state index in [1.54, 1.807) is 13.0 Å². The number of hydrogen-bond donors (Lipinski definition) is 1. The van der Waals surface area contributed by atoms with Crippen LogP contribution in [0.3, 0.4) is 0 Å². The van der Waals surface area contributed by atoms with Crippen molar-refractivity contribution < 1.29 is 24.2 Å². The molecule has 0 fully saturated rings. The van der Waals surface area contributed by atoms with E-state index in [0.29, 0.717) is 12.8 Å². The van der Waals surface area contributed by atoms with Gasteiger partial charge in [0.25, 0.3) is 0 Å². The summed E-state index contributed by atoms with van der Waals surface area (Å²) >= 11 is 0. The Labute approximate surface area is 106 Å². The third-order valence-corrected chi connectivity index (χ3v) is 2.13. The van der Waals surface area contributed by atoms with E-state index in [0.717, 1.165) is 4.90 Å². The first-order valence-corrected chi connectivity index (χ1v) is 5.68. The second kappa shape index (κ2) is 8.27. The molecule has 0 aliphatic heterocycles. The summed E-state index contributed by atoms with van der Waals surface area (Å²) in [6.45, 7) is 1.74. The summed E-state index contributed by atoms with van der Waals surface area (Å²) in [5.41, 5.74) is 0. The molecule has 0 unspecified atom stereocenters. The summed E-state index contributed by atoms with van der Waals surface area (Å²) < 4.78 is 4.78. The second-order valence-corrected chi connectivity index (χ2v) is 3.90. The van der Waals surface area contributed by atoms with Crippen LogP contribution in [0.25, 0.3) is 0 Å². The summed E-state index contributed by atoms with van der Waals surface area (Å²) in [6, 6.07) is 0.